The van der Waals surface area contributed by atoms with Crippen LogP contribution < -0.4 is 0 Å². The molecule has 1 aromatic heterocycles. The molecule has 0 fully saturated rings. The van der Waals surface area contributed by atoms with E-state index in [-0.39, 0.29) is 10.1 Å². The lowest BCUT2D eigenvalue weighted by Gasteiger charge is -2.02. The van der Waals surface area contributed by atoms with E-state index in [9.17, 15) is 19.3 Å². The molecular formula is C9H6FN5O4S. The highest BCUT2D eigenvalue weighted by Gasteiger charge is 2.19. The Morgan fingerprint density at radius 3 is 2.95 bits per heavy atom. The molecule has 2 aromatic rings. The van der Waals surface area contributed by atoms with Gasteiger partial charge >= 0.3 is 5.97 Å². The van der Waals surface area contributed by atoms with Crippen LogP contribution in [0.3, 0.4) is 0 Å². The lowest BCUT2D eigenvalue weighted by atomic mass is 10.3. The summed E-state index contributed by atoms with van der Waals surface area (Å²) < 4.78 is 14.0. The minimum Gasteiger partial charge on any atom is -0.480 e. The number of nitrogens with zero attached hydrogens (tertiary/aromatic N) is 5. The molecule has 9 nitrogen and oxygen atoms in total. The second kappa shape index (κ2) is 5.61. The molecule has 0 aliphatic rings. The lowest BCUT2D eigenvalue weighted by molar-refractivity contribution is -0.387. The molecule has 0 aliphatic heterocycles. The molecule has 1 aromatic carbocycles. The van der Waals surface area contributed by atoms with Gasteiger partial charge in [0.25, 0.3) is 5.69 Å². The van der Waals surface area contributed by atoms with Crippen molar-refractivity contribution in [3.8, 4) is 0 Å². The third-order valence-electron chi connectivity index (χ3n) is 2.10. The Hall–Kier alpha value is -2.56. The van der Waals surface area contributed by atoms with Gasteiger partial charge < -0.3 is 5.11 Å². The molecule has 0 bridgehead atoms. The molecule has 0 saturated carbocycles. The predicted octanol–water partition coefficient (Wildman–Crippen LogP) is 0.956. The van der Waals surface area contributed by atoms with Gasteiger partial charge in [-0.1, -0.05) is 0 Å². The Kier molecular flexibility index (Phi) is 3.89. The van der Waals surface area contributed by atoms with Crippen LogP contribution in [0, 0.1) is 15.9 Å². The van der Waals surface area contributed by atoms with Crippen LogP contribution in [0.2, 0.25) is 0 Å². The number of aromatic nitrogens is 4. The van der Waals surface area contributed by atoms with Crippen molar-refractivity contribution in [2.75, 3.05) is 0 Å². The first-order chi connectivity index (χ1) is 9.47. The summed E-state index contributed by atoms with van der Waals surface area (Å²) in [6.45, 7) is -0.482. The number of hydrogen-bond acceptors (Lipinski definition) is 7. The molecule has 104 valence electrons. The van der Waals surface area contributed by atoms with Crippen LogP contribution in [0.5, 0.6) is 0 Å². The number of benzene rings is 1. The molecule has 0 saturated heterocycles. The number of carbonyl (C=O) groups is 1. The average molecular weight is 299 g/mol. The normalized spacial score (nSPS) is 10.4. The maximum atomic E-state index is 13.0. The van der Waals surface area contributed by atoms with Crippen LogP contribution in [-0.4, -0.2) is 36.2 Å². The van der Waals surface area contributed by atoms with E-state index < -0.39 is 28.9 Å². The second-order valence-corrected chi connectivity index (χ2v) is 4.49. The van der Waals surface area contributed by atoms with E-state index in [1.807, 2.05) is 0 Å². The molecule has 2 rings (SSSR count). The summed E-state index contributed by atoms with van der Waals surface area (Å²) in [5, 5.41) is 29.9. The topological polar surface area (TPSA) is 124 Å². The second-order valence-electron chi connectivity index (χ2n) is 3.48. The van der Waals surface area contributed by atoms with E-state index in [1.54, 1.807) is 0 Å². The quantitative estimate of drug-likeness (QED) is 0.639. The maximum absolute atomic E-state index is 13.0. The zero-order valence-corrected chi connectivity index (χ0v) is 10.4. The van der Waals surface area contributed by atoms with Crippen molar-refractivity contribution >= 4 is 23.4 Å². The van der Waals surface area contributed by atoms with Crippen LogP contribution in [0.25, 0.3) is 0 Å². The summed E-state index contributed by atoms with van der Waals surface area (Å²) in [6.07, 6.45) is 0. The standard InChI is InChI=1S/C9H6FN5O4S/c10-5-1-2-7(6(3-5)15(18)19)20-9-11-12-13-14(9)4-8(16)17/h1-3H,4H2,(H,16,17). The van der Waals surface area contributed by atoms with Gasteiger partial charge in [-0.05, 0) is 34.3 Å². The highest BCUT2D eigenvalue weighted by molar-refractivity contribution is 7.99. The fraction of sp³-hybridized carbons (Fsp3) is 0.111. The number of tetrazole rings is 1. The van der Waals surface area contributed by atoms with Crippen LogP contribution in [0.1, 0.15) is 0 Å². The van der Waals surface area contributed by atoms with Crippen LogP contribution >= 0.6 is 11.8 Å². The molecule has 0 atom stereocenters. The van der Waals surface area contributed by atoms with E-state index in [1.165, 1.54) is 6.07 Å². The number of hydrogen-bond donors (Lipinski definition) is 1. The highest BCUT2D eigenvalue weighted by atomic mass is 32.2. The van der Waals surface area contributed by atoms with Gasteiger partial charge in [0.1, 0.15) is 12.4 Å². The number of carboxylic acids is 1. The number of aliphatic carboxylic acids is 1. The highest BCUT2D eigenvalue weighted by Crippen LogP contribution is 2.33. The van der Waals surface area contributed by atoms with E-state index in [0.717, 1.165) is 28.6 Å². The van der Waals surface area contributed by atoms with E-state index in [4.69, 9.17) is 5.11 Å². The first-order valence-electron chi connectivity index (χ1n) is 5.07. The molecule has 11 heteroatoms. The van der Waals surface area contributed by atoms with E-state index in [2.05, 4.69) is 15.5 Å². The molecule has 20 heavy (non-hydrogen) atoms. The first-order valence-corrected chi connectivity index (χ1v) is 5.89. The molecule has 0 spiro atoms. The van der Waals surface area contributed by atoms with Crippen LogP contribution in [0.4, 0.5) is 10.1 Å². The van der Waals surface area contributed by atoms with Gasteiger partial charge in [-0.2, -0.15) is 0 Å². The van der Waals surface area contributed by atoms with Gasteiger partial charge in [0, 0.05) is 0 Å². The summed E-state index contributed by atoms with van der Waals surface area (Å²) >= 11 is 0.782. The molecule has 1 heterocycles. The Labute approximate surface area is 114 Å². The summed E-state index contributed by atoms with van der Waals surface area (Å²) in [5.74, 6) is -1.90. The fourth-order valence-electron chi connectivity index (χ4n) is 1.31. The Morgan fingerprint density at radius 1 is 1.55 bits per heavy atom. The van der Waals surface area contributed by atoms with Gasteiger partial charge in [-0.25, -0.2) is 9.07 Å². The molecule has 0 radical (unpaired) electrons. The lowest BCUT2D eigenvalue weighted by Crippen LogP contribution is -2.11. The number of halogens is 1. The van der Waals surface area contributed by atoms with E-state index in [0.29, 0.717) is 0 Å². The maximum Gasteiger partial charge on any atom is 0.325 e. The van der Waals surface area contributed by atoms with E-state index >= 15 is 0 Å². The first kappa shape index (κ1) is 13.9. The SMILES string of the molecule is O=C(O)Cn1nnnc1Sc1ccc(F)cc1[N+](=O)[O-]. The minimum atomic E-state index is -1.16. The third-order valence-corrected chi connectivity index (χ3v) is 3.14. The van der Waals surface area contributed by atoms with Crippen molar-refractivity contribution < 1.29 is 19.2 Å². The minimum absolute atomic E-state index is 0.0575. The Morgan fingerprint density at radius 2 is 2.30 bits per heavy atom. The van der Waals surface area contributed by atoms with Gasteiger partial charge in [-0.15, -0.1) is 5.10 Å². The van der Waals surface area contributed by atoms with Crippen molar-refractivity contribution in [3.63, 3.8) is 0 Å². The van der Waals surface area contributed by atoms with Crippen molar-refractivity contribution in [3.05, 3.63) is 34.1 Å². The number of carboxylic acid groups (broad SMARTS) is 1. The van der Waals surface area contributed by atoms with Gasteiger partial charge in [0.2, 0.25) is 5.16 Å². The number of nitro benzene ring substituents is 1. The molecule has 1 N–H and O–H groups in total. The Bertz CT molecular complexity index is 676. The van der Waals surface area contributed by atoms with Gasteiger partial charge in [0.15, 0.2) is 0 Å². The van der Waals surface area contributed by atoms with Crippen molar-refractivity contribution in [2.24, 2.45) is 0 Å². The van der Waals surface area contributed by atoms with Crippen molar-refractivity contribution in [1.29, 1.82) is 0 Å². The number of nitro groups is 1. The van der Waals surface area contributed by atoms with Gasteiger partial charge in [0.05, 0.1) is 15.9 Å². The zero-order valence-electron chi connectivity index (χ0n) is 9.63. The molecule has 0 unspecified atom stereocenters. The zero-order chi connectivity index (χ0) is 14.7. The fourth-order valence-corrected chi connectivity index (χ4v) is 2.17. The van der Waals surface area contributed by atoms with Crippen molar-refractivity contribution in [2.45, 2.75) is 16.6 Å². The van der Waals surface area contributed by atoms with Crippen LogP contribution in [-0.2, 0) is 11.3 Å². The van der Waals surface area contributed by atoms with Gasteiger partial charge in [-0.3, -0.25) is 14.9 Å². The molecular weight excluding hydrogens is 293 g/mol. The van der Waals surface area contributed by atoms with Crippen molar-refractivity contribution in [1.82, 2.24) is 20.2 Å². The summed E-state index contributed by atoms with van der Waals surface area (Å²) in [4.78, 5) is 20.8. The smallest absolute Gasteiger partial charge is 0.325 e. The predicted molar refractivity (Wildman–Crippen MR) is 62.6 cm³/mol. The summed E-state index contributed by atoms with van der Waals surface area (Å²) in [6, 6.07) is 3.03. The monoisotopic (exact) mass is 299 g/mol. The number of rotatable bonds is 5. The Balaban J connectivity index is 2.33. The molecule has 0 aliphatic carbocycles. The largest absolute Gasteiger partial charge is 0.480 e. The summed E-state index contributed by atoms with van der Waals surface area (Å²) in [5.41, 5.74) is -0.445. The summed E-state index contributed by atoms with van der Waals surface area (Å²) in [7, 11) is 0. The average Bonchev–Trinajstić information content (AvgIpc) is 2.78. The third kappa shape index (κ3) is 3.06. The molecule has 0 amide bonds. The van der Waals surface area contributed by atoms with Crippen LogP contribution in [0.15, 0.2) is 28.3 Å².